The second kappa shape index (κ2) is 6.77. The van der Waals surface area contributed by atoms with Crippen molar-refractivity contribution in [1.29, 1.82) is 0 Å². The molecule has 1 aromatic carbocycles. The van der Waals surface area contributed by atoms with Gasteiger partial charge in [-0.1, -0.05) is 42.5 Å². The first kappa shape index (κ1) is 12.6. The van der Waals surface area contributed by atoms with Crippen LogP contribution in [0.5, 0.6) is 0 Å². The highest BCUT2D eigenvalue weighted by atomic mass is 15.1. The summed E-state index contributed by atoms with van der Waals surface area (Å²) in [5.74, 6) is 0. The summed E-state index contributed by atoms with van der Waals surface area (Å²) in [6, 6.07) is 10.8. The molecule has 0 radical (unpaired) electrons. The molecule has 0 aliphatic heterocycles. The summed E-state index contributed by atoms with van der Waals surface area (Å²) in [6.45, 7) is 4.00. The van der Waals surface area contributed by atoms with Gasteiger partial charge in [0.25, 0.3) is 0 Å². The molecular weight excluding hydrogens is 222 g/mol. The molecule has 3 nitrogen and oxygen atoms in total. The maximum Gasteiger partial charge on any atom is 0.0946 e. The highest BCUT2D eigenvalue weighted by Gasteiger charge is 1.99. The van der Waals surface area contributed by atoms with E-state index in [2.05, 4.69) is 58.2 Å². The van der Waals surface area contributed by atoms with Crippen LogP contribution in [0.3, 0.4) is 0 Å². The maximum absolute atomic E-state index is 4.03. The molecule has 3 heteroatoms. The van der Waals surface area contributed by atoms with Crippen LogP contribution >= 0.6 is 0 Å². The second-order valence-corrected chi connectivity index (χ2v) is 4.38. The van der Waals surface area contributed by atoms with Gasteiger partial charge in [0.15, 0.2) is 0 Å². The predicted molar refractivity (Wildman–Crippen MR) is 75.2 cm³/mol. The average Bonchev–Trinajstić information content (AvgIpc) is 2.89. The van der Waals surface area contributed by atoms with Crippen LogP contribution in [0.4, 0.5) is 0 Å². The Balaban J connectivity index is 1.70. The Labute approximate surface area is 108 Å². The van der Waals surface area contributed by atoms with Crippen molar-refractivity contribution in [1.82, 2.24) is 14.9 Å². The Morgan fingerprint density at radius 3 is 2.89 bits per heavy atom. The fraction of sp³-hybridized carbons (Fsp3) is 0.267. The lowest BCUT2D eigenvalue weighted by atomic mass is 10.2. The van der Waals surface area contributed by atoms with Crippen molar-refractivity contribution < 1.29 is 0 Å². The first-order valence-corrected chi connectivity index (χ1v) is 6.25. The van der Waals surface area contributed by atoms with Gasteiger partial charge in [-0.05, 0) is 12.5 Å². The van der Waals surface area contributed by atoms with Crippen molar-refractivity contribution >= 4 is 6.08 Å². The molecule has 0 aliphatic rings. The lowest BCUT2D eigenvalue weighted by Crippen LogP contribution is -2.30. The minimum absolute atomic E-state index is 0.430. The van der Waals surface area contributed by atoms with Gasteiger partial charge in [-0.3, -0.25) is 0 Å². The molecule has 0 amide bonds. The van der Waals surface area contributed by atoms with Crippen molar-refractivity contribution in [2.75, 3.05) is 6.54 Å². The SMILES string of the molecule is CC(Cn1ccnc1)NCC=Cc1ccccc1. The zero-order valence-electron chi connectivity index (χ0n) is 10.7. The van der Waals surface area contributed by atoms with E-state index in [9.17, 15) is 0 Å². The van der Waals surface area contributed by atoms with E-state index in [1.165, 1.54) is 5.56 Å². The molecule has 1 aromatic heterocycles. The van der Waals surface area contributed by atoms with Gasteiger partial charge in [0.1, 0.15) is 0 Å². The highest BCUT2D eigenvalue weighted by molar-refractivity contribution is 5.48. The predicted octanol–water partition coefficient (Wildman–Crippen LogP) is 2.57. The number of hydrogen-bond donors (Lipinski definition) is 1. The number of imidazole rings is 1. The molecular formula is C15H19N3. The zero-order valence-corrected chi connectivity index (χ0v) is 10.7. The van der Waals surface area contributed by atoms with E-state index in [-0.39, 0.29) is 0 Å². The largest absolute Gasteiger partial charge is 0.336 e. The van der Waals surface area contributed by atoms with E-state index in [1.807, 2.05) is 24.8 Å². The van der Waals surface area contributed by atoms with Gasteiger partial charge in [-0.2, -0.15) is 0 Å². The topological polar surface area (TPSA) is 29.9 Å². The maximum atomic E-state index is 4.03. The summed E-state index contributed by atoms with van der Waals surface area (Å²) in [6.07, 6.45) is 9.93. The van der Waals surface area contributed by atoms with Gasteiger partial charge in [0, 0.05) is 31.5 Å². The first-order chi connectivity index (χ1) is 8.84. The van der Waals surface area contributed by atoms with Crippen LogP contribution in [-0.4, -0.2) is 22.1 Å². The third kappa shape index (κ3) is 4.18. The monoisotopic (exact) mass is 241 g/mol. The van der Waals surface area contributed by atoms with Crippen molar-refractivity contribution in [3.05, 3.63) is 60.7 Å². The van der Waals surface area contributed by atoms with Crippen LogP contribution in [0, 0.1) is 0 Å². The Morgan fingerprint density at radius 1 is 1.33 bits per heavy atom. The van der Waals surface area contributed by atoms with Gasteiger partial charge in [-0.25, -0.2) is 4.98 Å². The van der Waals surface area contributed by atoms with Crippen LogP contribution < -0.4 is 5.32 Å². The average molecular weight is 241 g/mol. The summed E-state index contributed by atoms with van der Waals surface area (Å²) >= 11 is 0. The summed E-state index contributed by atoms with van der Waals surface area (Å²) < 4.78 is 2.08. The normalized spacial score (nSPS) is 12.9. The zero-order chi connectivity index (χ0) is 12.6. The smallest absolute Gasteiger partial charge is 0.0946 e. The Morgan fingerprint density at radius 2 is 2.17 bits per heavy atom. The van der Waals surface area contributed by atoms with Crippen LogP contribution in [0.25, 0.3) is 6.08 Å². The van der Waals surface area contributed by atoms with Crippen molar-refractivity contribution in [2.45, 2.75) is 19.5 Å². The van der Waals surface area contributed by atoms with Crippen LogP contribution in [0.1, 0.15) is 12.5 Å². The summed E-state index contributed by atoms with van der Waals surface area (Å²) in [4.78, 5) is 4.03. The molecule has 2 rings (SSSR count). The van der Waals surface area contributed by atoms with E-state index < -0.39 is 0 Å². The number of rotatable bonds is 6. The number of nitrogens with one attached hydrogen (secondary N) is 1. The summed E-state index contributed by atoms with van der Waals surface area (Å²) in [5, 5.41) is 3.46. The quantitative estimate of drug-likeness (QED) is 0.842. The lowest BCUT2D eigenvalue weighted by Gasteiger charge is -2.12. The molecule has 1 N–H and O–H groups in total. The first-order valence-electron chi connectivity index (χ1n) is 6.25. The van der Waals surface area contributed by atoms with E-state index >= 15 is 0 Å². The van der Waals surface area contributed by atoms with Gasteiger partial charge in [-0.15, -0.1) is 0 Å². The lowest BCUT2D eigenvalue weighted by molar-refractivity contribution is 0.498. The third-order valence-electron chi connectivity index (χ3n) is 2.74. The summed E-state index contributed by atoms with van der Waals surface area (Å²) in [5.41, 5.74) is 1.24. The molecule has 0 aliphatic carbocycles. The van der Waals surface area contributed by atoms with Gasteiger partial charge < -0.3 is 9.88 Å². The van der Waals surface area contributed by atoms with Gasteiger partial charge >= 0.3 is 0 Å². The molecule has 94 valence electrons. The van der Waals surface area contributed by atoms with Crippen molar-refractivity contribution in [3.8, 4) is 0 Å². The van der Waals surface area contributed by atoms with Crippen molar-refractivity contribution in [3.63, 3.8) is 0 Å². The Kier molecular flexibility index (Phi) is 4.73. The fourth-order valence-electron chi connectivity index (χ4n) is 1.80. The Bertz CT molecular complexity index is 460. The molecule has 0 bridgehead atoms. The highest BCUT2D eigenvalue weighted by Crippen LogP contribution is 2.00. The minimum Gasteiger partial charge on any atom is -0.336 e. The molecule has 0 saturated heterocycles. The van der Waals surface area contributed by atoms with Crippen molar-refractivity contribution in [2.24, 2.45) is 0 Å². The molecule has 0 fully saturated rings. The molecule has 0 saturated carbocycles. The van der Waals surface area contributed by atoms with Crippen LogP contribution in [0.15, 0.2) is 55.1 Å². The fourth-order valence-corrected chi connectivity index (χ4v) is 1.80. The number of aromatic nitrogens is 2. The minimum atomic E-state index is 0.430. The standard InChI is InChI=1S/C15H19N3/c1-14(12-18-11-10-16-13-18)17-9-5-8-15-6-3-2-4-7-15/h2-8,10-11,13-14,17H,9,12H2,1H3. The second-order valence-electron chi connectivity index (χ2n) is 4.38. The van der Waals surface area contributed by atoms with E-state index in [0.717, 1.165) is 13.1 Å². The van der Waals surface area contributed by atoms with E-state index in [4.69, 9.17) is 0 Å². The molecule has 1 heterocycles. The van der Waals surface area contributed by atoms with E-state index in [0.29, 0.717) is 6.04 Å². The third-order valence-corrected chi connectivity index (χ3v) is 2.74. The molecule has 2 aromatic rings. The van der Waals surface area contributed by atoms with Gasteiger partial charge in [0.2, 0.25) is 0 Å². The van der Waals surface area contributed by atoms with E-state index in [1.54, 1.807) is 0 Å². The summed E-state index contributed by atoms with van der Waals surface area (Å²) in [7, 11) is 0. The molecule has 1 unspecified atom stereocenters. The Hall–Kier alpha value is -1.87. The van der Waals surface area contributed by atoms with Crippen LogP contribution in [0.2, 0.25) is 0 Å². The number of benzene rings is 1. The molecule has 1 atom stereocenters. The number of nitrogens with zero attached hydrogens (tertiary/aromatic N) is 2. The molecule has 0 spiro atoms. The molecule has 18 heavy (non-hydrogen) atoms. The van der Waals surface area contributed by atoms with Gasteiger partial charge in [0.05, 0.1) is 6.33 Å². The number of hydrogen-bond acceptors (Lipinski definition) is 2. The van der Waals surface area contributed by atoms with Crippen LogP contribution in [-0.2, 0) is 6.54 Å².